The minimum atomic E-state index is -0.369. The maximum absolute atomic E-state index is 13.4. The van der Waals surface area contributed by atoms with Crippen LogP contribution in [0.3, 0.4) is 0 Å². The van der Waals surface area contributed by atoms with Gasteiger partial charge in [-0.3, -0.25) is 4.98 Å². The Hall–Kier alpha value is -2.14. The van der Waals surface area contributed by atoms with Gasteiger partial charge in [0.2, 0.25) is 0 Å². The molecule has 0 saturated heterocycles. The van der Waals surface area contributed by atoms with Crippen LogP contribution in [0.1, 0.15) is 5.56 Å². The summed E-state index contributed by atoms with van der Waals surface area (Å²) >= 11 is 0. The lowest BCUT2D eigenvalue weighted by molar-refractivity contribution is 0.625. The third-order valence-electron chi connectivity index (χ3n) is 2.14. The maximum Gasteiger partial charge on any atom is 0.139 e. The Morgan fingerprint density at radius 2 is 1.80 bits per heavy atom. The zero-order valence-electron chi connectivity index (χ0n) is 7.94. The lowest BCUT2D eigenvalue weighted by atomic mass is 10.1. The molecule has 2 aromatic rings. The third-order valence-corrected chi connectivity index (χ3v) is 2.14. The molecule has 15 heavy (non-hydrogen) atoms. The van der Waals surface area contributed by atoms with Crippen LogP contribution in [0.5, 0.6) is 0 Å². The van der Waals surface area contributed by atoms with Crippen LogP contribution in [-0.2, 0) is 0 Å². The average Bonchev–Trinajstić information content (AvgIpc) is 2.30. The Morgan fingerprint density at radius 3 is 2.40 bits per heavy atom. The van der Waals surface area contributed by atoms with E-state index in [4.69, 9.17) is 6.42 Å². The van der Waals surface area contributed by atoms with Gasteiger partial charge in [0.15, 0.2) is 0 Å². The highest BCUT2D eigenvalue weighted by Gasteiger charge is 2.02. The van der Waals surface area contributed by atoms with E-state index in [0.717, 1.165) is 11.1 Å². The summed E-state index contributed by atoms with van der Waals surface area (Å²) in [6.07, 6.45) is 8.48. The number of benzene rings is 1. The maximum atomic E-state index is 13.4. The first-order chi connectivity index (χ1) is 7.31. The van der Waals surface area contributed by atoms with E-state index < -0.39 is 0 Å². The minimum absolute atomic E-state index is 0.285. The molecule has 2 heteroatoms. The van der Waals surface area contributed by atoms with Gasteiger partial charge in [-0.05, 0) is 35.4 Å². The minimum Gasteiger partial charge on any atom is -0.265 e. The van der Waals surface area contributed by atoms with Gasteiger partial charge in [-0.2, -0.15) is 0 Å². The van der Waals surface area contributed by atoms with Crippen molar-refractivity contribution >= 4 is 0 Å². The van der Waals surface area contributed by atoms with Crippen LogP contribution in [0.25, 0.3) is 11.1 Å². The van der Waals surface area contributed by atoms with Crippen molar-refractivity contribution in [2.24, 2.45) is 0 Å². The predicted octanol–water partition coefficient (Wildman–Crippen LogP) is 2.87. The first-order valence-electron chi connectivity index (χ1n) is 4.48. The number of halogens is 1. The number of aromatic nitrogens is 1. The molecule has 0 radical (unpaired) electrons. The topological polar surface area (TPSA) is 12.9 Å². The molecule has 0 aliphatic carbocycles. The second-order valence-electron chi connectivity index (χ2n) is 3.07. The molecule has 2 rings (SSSR count). The Labute approximate surface area is 87.6 Å². The number of rotatable bonds is 1. The predicted molar refractivity (Wildman–Crippen MR) is 57.6 cm³/mol. The Kier molecular flexibility index (Phi) is 2.47. The van der Waals surface area contributed by atoms with E-state index >= 15 is 0 Å². The van der Waals surface area contributed by atoms with Crippen molar-refractivity contribution in [2.75, 3.05) is 0 Å². The van der Waals surface area contributed by atoms with Crippen molar-refractivity contribution in [3.63, 3.8) is 0 Å². The van der Waals surface area contributed by atoms with Crippen molar-refractivity contribution in [1.29, 1.82) is 0 Å². The highest BCUT2D eigenvalue weighted by Crippen LogP contribution is 2.20. The van der Waals surface area contributed by atoms with Crippen LogP contribution in [-0.4, -0.2) is 4.98 Å². The summed E-state index contributed by atoms with van der Waals surface area (Å²) in [5, 5.41) is 0. The lowest BCUT2D eigenvalue weighted by Crippen LogP contribution is -1.85. The smallest absolute Gasteiger partial charge is 0.139 e. The molecule has 0 aliphatic heterocycles. The number of hydrogen-bond donors (Lipinski definition) is 0. The van der Waals surface area contributed by atoms with Crippen molar-refractivity contribution in [3.05, 3.63) is 54.1 Å². The molecule has 1 aromatic carbocycles. The fourth-order valence-electron chi connectivity index (χ4n) is 1.36. The number of terminal acetylenes is 1. The van der Waals surface area contributed by atoms with Crippen molar-refractivity contribution in [1.82, 2.24) is 4.98 Å². The molecule has 1 aromatic heterocycles. The summed E-state index contributed by atoms with van der Waals surface area (Å²) in [5.74, 6) is 1.92. The van der Waals surface area contributed by atoms with Crippen LogP contribution in [0.4, 0.5) is 4.39 Å². The van der Waals surface area contributed by atoms with Crippen LogP contribution in [0, 0.1) is 18.2 Å². The molecule has 0 fully saturated rings. The van der Waals surface area contributed by atoms with E-state index in [0.29, 0.717) is 0 Å². The molecule has 0 unspecified atom stereocenters. The highest BCUT2D eigenvalue weighted by atomic mass is 19.1. The van der Waals surface area contributed by atoms with Crippen LogP contribution in [0.15, 0.2) is 42.7 Å². The van der Waals surface area contributed by atoms with Gasteiger partial charge in [0, 0.05) is 12.4 Å². The average molecular weight is 197 g/mol. The fourth-order valence-corrected chi connectivity index (χ4v) is 1.36. The van der Waals surface area contributed by atoms with Gasteiger partial charge in [0.1, 0.15) is 5.82 Å². The van der Waals surface area contributed by atoms with Crippen molar-refractivity contribution < 1.29 is 4.39 Å². The van der Waals surface area contributed by atoms with Gasteiger partial charge in [0.25, 0.3) is 0 Å². The van der Waals surface area contributed by atoms with E-state index in [-0.39, 0.29) is 11.4 Å². The summed E-state index contributed by atoms with van der Waals surface area (Å²) in [7, 11) is 0. The quantitative estimate of drug-likeness (QED) is 0.640. The lowest BCUT2D eigenvalue weighted by Gasteiger charge is -2.02. The van der Waals surface area contributed by atoms with E-state index in [1.165, 1.54) is 6.07 Å². The van der Waals surface area contributed by atoms with Gasteiger partial charge < -0.3 is 0 Å². The monoisotopic (exact) mass is 197 g/mol. The molecule has 0 spiro atoms. The van der Waals surface area contributed by atoms with E-state index in [2.05, 4.69) is 10.9 Å². The van der Waals surface area contributed by atoms with Crippen LogP contribution >= 0.6 is 0 Å². The molecule has 72 valence electrons. The van der Waals surface area contributed by atoms with Crippen molar-refractivity contribution in [3.8, 4) is 23.5 Å². The highest BCUT2D eigenvalue weighted by molar-refractivity contribution is 5.63. The molecular weight excluding hydrogens is 189 g/mol. The summed E-state index contributed by atoms with van der Waals surface area (Å²) in [6, 6.07) is 8.48. The third kappa shape index (κ3) is 1.87. The Balaban J connectivity index is 2.49. The normalized spacial score (nSPS) is 9.60. The first kappa shape index (κ1) is 9.42. The van der Waals surface area contributed by atoms with Gasteiger partial charge in [-0.15, -0.1) is 6.42 Å². The number of nitrogens with zero attached hydrogens (tertiary/aromatic N) is 1. The van der Waals surface area contributed by atoms with E-state index in [1.54, 1.807) is 24.5 Å². The molecule has 1 heterocycles. The zero-order valence-corrected chi connectivity index (χ0v) is 7.94. The Morgan fingerprint density at radius 1 is 1.07 bits per heavy atom. The molecule has 0 N–H and O–H groups in total. The summed E-state index contributed by atoms with van der Waals surface area (Å²) in [5.41, 5.74) is 2.01. The van der Waals surface area contributed by atoms with E-state index in [1.807, 2.05) is 12.1 Å². The van der Waals surface area contributed by atoms with Gasteiger partial charge in [0.05, 0.1) is 5.56 Å². The number of hydrogen-bond acceptors (Lipinski definition) is 1. The zero-order chi connectivity index (χ0) is 10.7. The summed E-state index contributed by atoms with van der Waals surface area (Å²) in [4.78, 5) is 3.90. The fraction of sp³-hybridized carbons (Fsp3) is 0. The Bertz CT molecular complexity index is 512. The number of pyridine rings is 1. The molecule has 0 bridgehead atoms. The second kappa shape index (κ2) is 3.93. The van der Waals surface area contributed by atoms with Crippen LogP contribution < -0.4 is 0 Å². The summed E-state index contributed by atoms with van der Waals surface area (Å²) < 4.78 is 13.4. The van der Waals surface area contributed by atoms with Gasteiger partial charge in [-0.1, -0.05) is 12.0 Å². The molecule has 0 amide bonds. The molecule has 0 saturated carbocycles. The van der Waals surface area contributed by atoms with Crippen molar-refractivity contribution in [2.45, 2.75) is 0 Å². The SMILES string of the molecule is C#Cc1ccc(-c2ccncc2)cc1F. The molecule has 0 atom stereocenters. The largest absolute Gasteiger partial charge is 0.265 e. The van der Waals surface area contributed by atoms with Gasteiger partial charge >= 0.3 is 0 Å². The first-order valence-corrected chi connectivity index (χ1v) is 4.48. The summed E-state index contributed by atoms with van der Waals surface area (Å²) in [6.45, 7) is 0. The van der Waals surface area contributed by atoms with Gasteiger partial charge in [-0.25, -0.2) is 4.39 Å². The molecular formula is C13H8FN. The molecule has 0 aliphatic rings. The second-order valence-corrected chi connectivity index (χ2v) is 3.07. The molecule has 1 nitrogen and oxygen atoms in total. The van der Waals surface area contributed by atoms with Crippen LogP contribution in [0.2, 0.25) is 0 Å². The standard InChI is InChI=1S/C13H8FN/c1-2-10-3-4-12(9-13(10)14)11-5-7-15-8-6-11/h1,3-9H. The van der Waals surface area contributed by atoms with E-state index in [9.17, 15) is 4.39 Å².